The molecule has 1 aliphatic heterocycles. The van der Waals surface area contributed by atoms with Crippen LogP contribution < -0.4 is 11.1 Å². The summed E-state index contributed by atoms with van der Waals surface area (Å²) in [5.74, 6) is 0.434. The van der Waals surface area contributed by atoms with Crippen molar-refractivity contribution in [2.24, 2.45) is 4.99 Å². The predicted molar refractivity (Wildman–Crippen MR) is 126 cm³/mol. The first kappa shape index (κ1) is 21.4. The number of anilines is 1. The van der Waals surface area contributed by atoms with Gasteiger partial charge in [0.15, 0.2) is 5.88 Å². The van der Waals surface area contributed by atoms with Crippen LogP contribution in [0.1, 0.15) is 30.9 Å². The van der Waals surface area contributed by atoms with Crippen LogP contribution in [0, 0.1) is 6.92 Å². The van der Waals surface area contributed by atoms with E-state index in [2.05, 4.69) is 27.5 Å². The van der Waals surface area contributed by atoms with Crippen molar-refractivity contribution in [3.8, 4) is 0 Å². The average molecular weight is 433 g/mol. The number of aromatic nitrogens is 2. The Labute approximate surface area is 187 Å². The Morgan fingerprint density at radius 3 is 2.62 bits per heavy atom. The number of aliphatic hydroxyl groups is 1. The van der Waals surface area contributed by atoms with Gasteiger partial charge in [0.1, 0.15) is 11.5 Å². The second kappa shape index (κ2) is 9.13. The number of hydrogen-bond acceptors (Lipinski definition) is 6. The molecular weight excluding hydrogens is 404 g/mol. The molecule has 0 saturated carbocycles. The van der Waals surface area contributed by atoms with Crippen molar-refractivity contribution in [3.05, 3.63) is 77.0 Å². The second-order valence-electron chi connectivity index (χ2n) is 8.10. The molecule has 0 unspecified atom stereocenters. The fraction of sp³-hybridized carbons (Fsp3) is 0.292. The lowest BCUT2D eigenvalue weighted by Gasteiger charge is -2.20. The molecule has 1 aromatic carbocycles. The third-order valence-electron chi connectivity index (χ3n) is 5.52. The molecule has 2 aliphatic rings. The number of carbonyl (C=O) groups excluding carboxylic acids is 1. The van der Waals surface area contributed by atoms with Gasteiger partial charge in [0.05, 0.1) is 24.2 Å². The van der Waals surface area contributed by atoms with Gasteiger partial charge in [0.25, 0.3) is 0 Å². The number of benzene rings is 1. The van der Waals surface area contributed by atoms with E-state index < -0.39 is 0 Å². The molecule has 2 heterocycles. The minimum atomic E-state index is -0.220. The molecule has 1 aromatic heterocycles. The van der Waals surface area contributed by atoms with Gasteiger partial charge in [-0.25, -0.2) is 9.67 Å². The molecule has 166 valence electrons. The van der Waals surface area contributed by atoms with Crippen LogP contribution in [0.4, 0.5) is 11.5 Å². The molecule has 0 radical (unpaired) electrons. The van der Waals surface area contributed by atoms with Gasteiger partial charge in [0.2, 0.25) is 5.91 Å². The van der Waals surface area contributed by atoms with Crippen LogP contribution in [-0.4, -0.2) is 44.5 Å². The fourth-order valence-electron chi connectivity index (χ4n) is 3.77. The minimum Gasteiger partial charge on any atom is -0.494 e. The summed E-state index contributed by atoms with van der Waals surface area (Å²) < 4.78 is 1.70. The third-order valence-corrected chi connectivity index (χ3v) is 5.52. The summed E-state index contributed by atoms with van der Waals surface area (Å²) in [6.07, 6.45) is 9.03. The Balaban J connectivity index is 1.61. The van der Waals surface area contributed by atoms with E-state index in [1.54, 1.807) is 29.1 Å². The van der Waals surface area contributed by atoms with Crippen LogP contribution in [0.5, 0.6) is 0 Å². The van der Waals surface area contributed by atoms with E-state index in [0.717, 1.165) is 31.5 Å². The Hall–Kier alpha value is -3.81. The Morgan fingerprint density at radius 1 is 1.22 bits per heavy atom. The lowest BCUT2D eigenvalue weighted by molar-refractivity contribution is -0.118. The van der Waals surface area contributed by atoms with E-state index in [0.29, 0.717) is 35.0 Å². The fourth-order valence-corrected chi connectivity index (χ4v) is 3.77. The molecule has 1 amide bonds. The van der Waals surface area contributed by atoms with Crippen LogP contribution in [-0.2, 0) is 11.3 Å². The molecule has 8 nitrogen and oxygen atoms in total. The lowest BCUT2D eigenvalue weighted by atomic mass is 10.0. The highest BCUT2D eigenvalue weighted by atomic mass is 16.3. The third kappa shape index (κ3) is 4.74. The number of aryl methyl sites for hydroxylation is 1. The number of aliphatic hydroxyl groups excluding tert-OH is 1. The maximum atomic E-state index is 11.8. The number of aliphatic imine (C=N–C) groups is 1. The Bertz CT molecular complexity index is 1130. The van der Waals surface area contributed by atoms with Crippen molar-refractivity contribution < 1.29 is 9.90 Å². The van der Waals surface area contributed by atoms with Crippen molar-refractivity contribution in [2.45, 2.75) is 33.2 Å². The molecule has 32 heavy (non-hydrogen) atoms. The van der Waals surface area contributed by atoms with Crippen LogP contribution in [0.15, 0.2) is 70.8 Å². The Kier molecular flexibility index (Phi) is 6.11. The quantitative estimate of drug-likeness (QED) is 0.628. The SMILES string of the molecule is CC(=O)NC1=CC(=C(O)N2CCCC2)C=CC1=Nc1cnn(Cc2ccc(C)cc2)c1N. The molecule has 0 bridgehead atoms. The molecule has 2 aromatic rings. The first-order valence-corrected chi connectivity index (χ1v) is 10.7. The van der Waals surface area contributed by atoms with Crippen LogP contribution in [0.2, 0.25) is 0 Å². The summed E-state index contributed by atoms with van der Waals surface area (Å²) in [5, 5.41) is 17.8. The summed E-state index contributed by atoms with van der Waals surface area (Å²) in [4.78, 5) is 18.4. The van der Waals surface area contributed by atoms with Crippen LogP contribution in [0.3, 0.4) is 0 Å². The van der Waals surface area contributed by atoms with Crippen molar-refractivity contribution >= 4 is 23.1 Å². The number of hydrogen-bond donors (Lipinski definition) is 3. The number of amides is 1. The van der Waals surface area contributed by atoms with Crippen molar-refractivity contribution in [3.63, 3.8) is 0 Å². The summed E-state index contributed by atoms with van der Waals surface area (Å²) >= 11 is 0. The number of likely N-dealkylation sites (tertiary alicyclic amines) is 1. The van der Waals surface area contributed by atoms with Gasteiger partial charge in [-0.15, -0.1) is 0 Å². The van der Waals surface area contributed by atoms with Gasteiger partial charge in [0, 0.05) is 25.6 Å². The van der Waals surface area contributed by atoms with E-state index in [9.17, 15) is 9.90 Å². The number of nitrogen functional groups attached to an aromatic ring is 1. The first-order valence-electron chi connectivity index (χ1n) is 10.7. The number of carbonyl (C=O) groups is 1. The highest BCUT2D eigenvalue weighted by Gasteiger charge is 2.20. The summed E-state index contributed by atoms with van der Waals surface area (Å²) in [7, 11) is 0. The standard InChI is InChI=1S/C24H28N6O2/c1-16-5-7-18(8-6-16)15-30-23(25)22(14-26-30)28-20-10-9-19(13-21(20)27-17(2)31)24(32)29-11-3-4-12-29/h5-10,13-14,32H,3-4,11-12,15,25H2,1-2H3,(H,27,31). The number of rotatable bonds is 5. The van der Waals surface area contributed by atoms with Crippen molar-refractivity contribution in [1.29, 1.82) is 0 Å². The molecule has 0 atom stereocenters. The second-order valence-corrected chi connectivity index (χ2v) is 8.10. The zero-order valence-electron chi connectivity index (χ0n) is 18.4. The van der Waals surface area contributed by atoms with Crippen LogP contribution in [0.25, 0.3) is 0 Å². The van der Waals surface area contributed by atoms with E-state index in [1.807, 2.05) is 24.0 Å². The van der Waals surface area contributed by atoms with E-state index in [4.69, 9.17) is 5.73 Å². The van der Waals surface area contributed by atoms with Crippen molar-refractivity contribution in [1.82, 2.24) is 20.0 Å². The predicted octanol–water partition coefficient (Wildman–Crippen LogP) is 3.35. The van der Waals surface area contributed by atoms with Crippen molar-refractivity contribution in [2.75, 3.05) is 18.8 Å². The average Bonchev–Trinajstić information content (AvgIpc) is 3.42. The van der Waals surface area contributed by atoms with Gasteiger partial charge in [-0.1, -0.05) is 29.8 Å². The minimum absolute atomic E-state index is 0.214. The largest absolute Gasteiger partial charge is 0.494 e. The monoisotopic (exact) mass is 432 g/mol. The number of nitrogens with one attached hydrogen (secondary N) is 1. The van der Waals surface area contributed by atoms with E-state index in [-0.39, 0.29) is 11.8 Å². The van der Waals surface area contributed by atoms with E-state index >= 15 is 0 Å². The summed E-state index contributed by atoms with van der Waals surface area (Å²) in [6.45, 7) is 5.67. The maximum Gasteiger partial charge on any atom is 0.221 e. The van der Waals surface area contributed by atoms with Gasteiger partial charge in [-0.2, -0.15) is 5.10 Å². The number of nitrogens with two attached hydrogens (primary N) is 1. The number of allylic oxidation sites excluding steroid dienone is 4. The van der Waals surface area contributed by atoms with Gasteiger partial charge >= 0.3 is 0 Å². The maximum absolute atomic E-state index is 11.8. The van der Waals surface area contributed by atoms with Gasteiger partial charge < -0.3 is 21.1 Å². The molecule has 8 heteroatoms. The highest BCUT2D eigenvalue weighted by Crippen LogP contribution is 2.26. The zero-order valence-corrected chi connectivity index (χ0v) is 18.4. The molecule has 1 fully saturated rings. The number of nitrogens with zero attached hydrogens (tertiary/aromatic N) is 4. The van der Waals surface area contributed by atoms with E-state index in [1.165, 1.54) is 12.5 Å². The van der Waals surface area contributed by atoms with Crippen LogP contribution >= 0.6 is 0 Å². The summed E-state index contributed by atoms with van der Waals surface area (Å²) in [5.41, 5.74) is 10.8. The zero-order chi connectivity index (χ0) is 22.7. The first-order chi connectivity index (χ1) is 15.4. The lowest BCUT2D eigenvalue weighted by Crippen LogP contribution is -2.26. The highest BCUT2D eigenvalue weighted by molar-refractivity contribution is 6.13. The normalized spacial score (nSPS) is 18.8. The molecule has 4 N–H and O–H groups in total. The Morgan fingerprint density at radius 2 is 1.94 bits per heavy atom. The van der Waals surface area contributed by atoms with Gasteiger partial charge in [-0.3, -0.25) is 4.79 Å². The smallest absolute Gasteiger partial charge is 0.221 e. The molecule has 1 saturated heterocycles. The molecular formula is C24H28N6O2. The molecule has 1 aliphatic carbocycles. The molecule has 0 spiro atoms. The molecule has 4 rings (SSSR count). The topological polar surface area (TPSA) is 109 Å². The van der Waals surface area contributed by atoms with Gasteiger partial charge in [-0.05, 0) is 43.6 Å². The summed E-state index contributed by atoms with van der Waals surface area (Å²) in [6, 6.07) is 8.20.